The molecule has 9 heteroatoms. The molecule has 0 bridgehead atoms. The van der Waals surface area contributed by atoms with Crippen molar-refractivity contribution in [2.24, 2.45) is 5.92 Å². The van der Waals surface area contributed by atoms with Crippen molar-refractivity contribution in [2.75, 3.05) is 5.75 Å². The molecular formula is C21H22N4O3S2. The van der Waals surface area contributed by atoms with Crippen LogP contribution in [0.15, 0.2) is 27.8 Å². The van der Waals surface area contributed by atoms with Gasteiger partial charge in [0.1, 0.15) is 15.7 Å². The highest BCUT2D eigenvalue weighted by Crippen LogP contribution is 2.44. The summed E-state index contributed by atoms with van der Waals surface area (Å²) in [5.74, 6) is 1.58. The zero-order valence-corrected chi connectivity index (χ0v) is 18.2. The van der Waals surface area contributed by atoms with Crippen LogP contribution in [0.2, 0.25) is 0 Å². The van der Waals surface area contributed by atoms with Crippen molar-refractivity contribution in [3.63, 3.8) is 0 Å². The van der Waals surface area contributed by atoms with Crippen molar-refractivity contribution in [1.29, 1.82) is 0 Å². The Balaban J connectivity index is 1.33. The van der Waals surface area contributed by atoms with Crippen LogP contribution in [0.3, 0.4) is 0 Å². The molecule has 3 heterocycles. The number of rotatable bonds is 5. The Morgan fingerprint density at radius 1 is 1.27 bits per heavy atom. The number of thiophene rings is 1. The first kappa shape index (κ1) is 19.6. The number of nitrogens with one attached hydrogen (secondary N) is 2. The molecular weight excluding hydrogens is 420 g/mol. The first-order valence-electron chi connectivity index (χ1n) is 10.2. The maximum absolute atomic E-state index is 12.3. The van der Waals surface area contributed by atoms with Crippen molar-refractivity contribution in [2.45, 2.75) is 50.0 Å². The molecule has 2 aliphatic carbocycles. The van der Waals surface area contributed by atoms with Crippen LogP contribution in [0.1, 0.15) is 58.9 Å². The van der Waals surface area contributed by atoms with E-state index in [1.54, 1.807) is 17.4 Å². The van der Waals surface area contributed by atoms with Crippen LogP contribution in [0.5, 0.6) is 0 Å². The minimum absolute atomic E-state index is 0.147. The van der Waals surface area contributed by atoms with Gasteiger partial charge in [-0.2, -0.15) is 0 Å². The van der Waals surface area contributed by atoms with Crippen LogP contribution in [-0.2, 0) is 17.6 Å². The summed E-state index contributed by atoms with van der Waals surface area (Å²) in [5, 5.41) is 2.02. The van der Waals surface area contributed by atoms with Crippen molar-refractivity contribution < 1.29 is 14.0 Å². The van der Waals surface area contributed by atoms with Crippen LogP contribution in [0, 0.1) is 5.92 Å². The Bertz CT molecular complexity index is 1110. The Morgan fingerprint density at radius 3 is 2.90 bits per heavy atom. The third kappa shape index (κ3) is 3.96. The van der Waals surface area contributed by atoms with Gasteiger partial charge in [-0.3, -0.25) is 20.4 Å². The third-order valence-corrected chi connectivity index (χ3v) is 7.61. The van der Waals surface area contributed by atoms with Gasteiger partial charge in [-0.1, -0.05) is 18.7 Å². The average Bonchev–Trinajstić information content (AvgIpc) is 3.31. The normalized spacial score (nSPS) is 18.2. The van der Waals surface area contributed by atoms with Gasteiger partial charge in [0.25, 0.3) is 0 Å². The fraction of sp³-hybridized carbons (Fsp3) is 0.429. The second-order valence-corrected chi connectivity index (χ2v) is 10.0. The lowest BCUT2D eigenvalue weighted by molar-refractivity contribution is -0.119. The molecule has 3 aromatic rings. The molecule has 0 aliphatic heterocycles. The zero-order chi connectivity index (χ0) is 20.7. The number of thioether (sulfide) groups is 1. The molecule has 30 heavy (non-hydrogen) atoms. The van der Waals surface area contributed by atoms with Gasteiger partial charge in [0.05, 0.1) is 12.0 Å². The largest absolute Gasteiger partial charge is 0.459 e. The first-order valence-corrected chi connectivity index (χ1v) is 12.0. The molecule has 1 saturated carbocycles. The molecule has 7 nitrogen and oxygen atoms in total. The molecule has 3 aromatic heterocycles. The summed E-state index contributed by atoms with van der Waals surface area (Å²) < 4.78 is 5.01. The van der Waals surface area contributed by atoms with Gasteiger partial charge in [-0.25, -0.2) is 9.97 Å². The maximum Gasteiger partial charge on any atom is 0.305 e. The number of furan rings is 1. The van der Waals surface area contributed by atoms with E-state index in [4.69, 9.17) is 14.4 Å². The van der Waals surface area contributed by atoms with Gasteiger partial charge in [0, 0.05) is 16.2 Å². The smallest absolute Gasteiger partial charge is 0.305 e. The summed E-state index contributed by atoms with van der Waals surface area (Å²) in [4.78, 5) is 36.4. The first-order chi connectivity index (χ1) is 14.6. The number of hydrogen-bond acceptors (Lipinski definition) is 7. The van der Waals surface area contributed by atoms with E-state index in [-0.39, 0.29) is 17.4 Å². The Morgan fingerprint density at radius 2 is 2.13 bits per heavy atom. The molecule has 2 N–H and O–H groups in total. The molecule has 2 aliphatic rings. The molecule has 2 amide bonds. The summed E-state index contributed by atoms with van der Waals surface area (Å²) in [5.41, 5.74) is 6.18. The molecule has 5 rings (SSSR count). The highest BCUT2D eigenvalue weighted by molar-refractivity contribution is 8.00. The molecule has 0 radical (unpaired) electrons. The van der Waals surface area contributed by atoms with Crippen LogP contribution in [0.4, 0.5) is 0 Å². The van der Waals surface area contributed by atoms with E-state index >= 15 is 0 Å². The van der Waals surface area contributed by atoms with E-state index in [1.165, 1.54) is 41.0 Å². The second kappa shape index (κ2) is 8.03. The van der Waals surface area contributed by atoms with Gasteiger partial charge in [0.2, 0.25) is 5.91 Å². The van der Waals surface area contributed by atoms with E-state index in [2.05, 4.69) is 17.8 Å². The predicted molar refractivity (Wildman–Crippen MR) is 116 cm³/mol. The topological polar surface area (TPSA) is 97.1 Å². The predicted octanol–water partition coefficient (Wildman–Crippen LogP) is 3.84. The lowest BCUT2D eigenvalue weighted by Crippen LogP contribution is -2.42. The third-order valence-electron chi connectivity index (χ3n) is 5.48. The SMILES string of the molecule is C[C@H]1CCc2c(sc3nc(C4CC4)nc(SCC(=O)NNC(=O)c4ccco4)c23)C1. The fourth-order valence-electron chi connectivity index (χ4n) is 3.72. The number of nitrogens with zero attached hydrogens (tertiary/aromatic N) is 2. The van der Waals surface area contributed by atoms with Crippen LogP contribution >= 0.6 is 23.1 Å². The molecule has 0 unspecified atom stereocenters. The number of aryl methyl sites for hydroxylation is 1. The fourth-order valence-corrected chi connectivity index (χ4v) is 6.04. The zero-order valence-electron chi connectivity index (χ0n) is 16.6. The van der Waals surface area contributed by atoms with E-state index < -0.39 is 5.91 Å². The summed E-state index contributed by atoms with van der Waals surface area (Å²) in [7, 11) is 0. The average molecular weight is 443 g/mol. The molecule has 1 atom stereocenters. The summed E-state index contributed by atoms with van der Waals surface area (Å²) >= 11 is 3.21. The number of hydrazine groups is 1. The van der Waals surface area contributed by atoms with Gasteiger partial charge in [-0.15, -0.1) is 11.3 Å². The second-order valence-electron chi connectivity index (χ2n) is 7.96. The Labute approximate surface area is 182 Å². The Hall–Kier alpha value is -2.39. The summed E-state index contributed by atoms with van der Waals surface area (Å²) in [6.45, 7) is 2.30. The van der Waals surface area contributed by atoms with E-state index in [0.29, 0.717) is 11.8 Å². The van der Waals surface area contributed by atoms with E-state index in [0.717, 1.165) is 46.8 Å². The minimum Gasteiger partial charge on any atom is -0.459 e. The number of hydrogen-bond donors (Lipinski definition) is 2. The van der Waals surface area contributed by atoms with Crippen molar-refractivity contribution in [3.05, 3.63) is 40.4 Å². The number of carbonyl (C=O) groups excluding carboxylic acids is 2. The molecule has 0 saturated heterocycles. The lowest BCUT2D eigenvalue weighted by Gasteiger charge is -2.18. The highest BCUT2D eigenvalue weighted by atomic mass is 32.2. The van der Waals surface area contributed by atoms with Crippen LogP contribution < -0.4 is 10.9 Å². The number of aromatic nitrogens is 2. The number of carbonyl (C=O) groups is 2. The molecule has 156 valence electrons. The number of fused-ring (bicyclic) bond motifs is 3. The quantitative estimate of drug-likeness (QED) is 0.354. The molecule has 0 aromatic carbocycles. The van der Waals surface area contributed by atoms with Crippen molar-refractivity contribution >= 4 is 45.1 Å². The van der Waals surface area contributed by atoms with E-state index in [1.807, 2.05) is 0 Å². The summed E-state index contributed by atoms with van der Waals surface area (Å²) in [6.07, 6.45) is 6.99. The van der Waals surface area contributed by atoms with Gasteiger partial charge in [0.15, 0.2) is 5.76 Å². The number of amides is 2. The minimum atomic E-state index is -0.486. The summed E-state index contributed by atoms with van der Waals surface area (Å²) in [6, 6.07) is 3.15. The maximum atomic E-state index is 12.3. The molecule has 1 fully saturated rings. The van der Waals surface area contributed by atoms with Crippen LogP contribution in [-0.4, -0.2) is 27.5 Å². The van der Waals surface area contributed by atoms with E-state index in [9.17, 15) is 9.59 Å². The lowest BCUT2D eigenvalue weighted by atomic mass is 9.89. The van der Waals surface area contributed by atoms with Crippen molar-refractivity contribution in [3.8, 4) is 0 Å². The monoisotopic (exact) mass is 442 g/mol. The van der Waals surface area contributed by atoms with Gasteiger partial charge >= 0.3 is 5.91 Å². The van der Waals surface area contributed by atoms with Gasteiger partial charge in [-0.05, 0) is 55.7 Å². The highest BCUT2D eigenvalue weighted by Gasteiger charge is 2.30. The molecule has 0 spiro atoms. The Kier molecular flexibility index (Phi) is 5.24. The van der Waals surface area contributed by atoms with Crippen LogP contribution in [0.25, 0.3) is 10.2 Å². The van der Waals surface area contributed by atoms with Crippen molar-refractivity contribution in [1.82, 2.24) is 20.8 Å². The van der Waals surface area contributed by atoms with Gasteiger partial charge < -0.3 is 4.42 Å². The standard InChI is InChI=1S/C21H22N4O3S2/c1-11-4-7-13-15(9-11)30-21-17(13)20(22-18(23-21)12-5-6-12)29-10-16(26)24-25-19(27)14-3-2-8-28-14/h2-3,8,11-12H,4-7,9-10H2,1H3,(H,24,26)(H,25,27)/t11-/m0/s1.